The first-order valence-electron chi connectivity index (χ1n) is 4.56. The fourth-order valence-corrected chi connectivity index (χ4v) is 3.20. The number of anilines is 1. The molecule has 1 aromatic carbocycles. The van der Waals surface area contributed by atoms with Gasteiger partial charge in [0.05, 0.1) is 5.69 Å². The van der Waals surface area contributed by atoms with Gasteiger partial charge in [0, 0.05) is 10.5 Å². The minimum absolute atomic E-state index is 0.0911. The standard InChI is InChI=1S/C9H11BrN2O2S/c10-6-1-4-8(11)9(5-6)15(13,14)12-7-2-3-7/h1,4-5,7,12H,2-3,11H2. The summed E-state index contributed by atoms with van der Waals surface area (Å²) in [5.41, 5.74) is 5.90. The van der Waals surface area contributed by atoms with E-state index >= 15 is 0 Å². The van der Waals surface area contributed by atoms with Gasteiger partial charge in [0.15, 0.2) is 0 Å². The normalized spacial score (nSPS) is 16.6. The number of sulfonamides is 1. The number of benzene rings is 1. The molecular weight excluding hydrogens is 280 g/mol. The summed E-state index contributed by atoms with van der Waals surface area (Å²) in [6, 6.07) is 4.89. The van der Waals surface area contributed by atoms with Gasteiger partial charge >= 0.3 is 0 Å². The summed E-state index contributed by atoms with van der Waals surface area (Å²) in [5, 5.41) is 0. The molecular formula is C9H11BrN2O2S. The summed E-state index contributed by atoms with van der Waals surface area (Å²) in [6.45, 7) is 0. The second-order valence-corrected chi connectivity index (χ2v) is 6.18. The van der Waals surface area contributed by atoms with Gasteiger partial charge in [-0.1, -0.05) is 15.9 Å². The van der Waals surface area contributed by atoms with Crippen molar-refractivity contribution in [2.75, 3.05) is 5.73 Å². The molecule has 0 heterocycles. The molecule has 1 saturated carbocycles. The maximum absolute atomic E-state index is 11.8. The summed E-state index contributed by atoms with van der Waals surface area (Å²) < 4.78 is 27.0. The zero-order valence-electron chi connectivity index (χ0n) is 7.90. The molecule has 0 atom stereocenters. The molecule has 0 saturated heterocycles. The predicted molar refractivity (Wildman–Crippen MR) is 61.9 cm³/mol. The Bertz CT molecular complexity index is 483. The molecule has 0 aliphatic heterocycles. The summed E-state index contributed by atoms with van der Waals surface area (Å²) >= 11 is 3.22. The van der Waals surface area contributed by atoms with Crippen LogP contribution in [0.1, 0.15) is 12.8 Å². The summed E-state index contributed by atoms with van der Waals surface area (Å²) in [7, 11) is -3.46. The van der Waals surface area contributed by atoms with Gasteiger partial charge in [0.1, 0.15) is 4.90 Å². The molecule has 1 aliphatic rings. The van der Waals surface area contributed by atoms with E-state index in [1.54, 1.807) is 12.1 Å². The van der Waals surface area contributed by atoms with Crippen LogP contribution in [0.5, 0.6) is 0 Å². The average Bonchev–Trinajstić information content (AvgIpc) is 2.92. The molecule has 1 aliphatic carbocycles. The van der Waals surface area contributed by atoms with E-state index in [9.17, 15) is 8.42 Å². The van der Waals surface area contributed by atoms with Gasteiger partial charge in [-0.05, 0) is 31.0 Å². The van der Waals surface area contributed by atoms with Gasteiger partial charge in [0.2, 0.25) is 10.0 Å². The SMILES string of the molecule is Nc1ccc(Br)cc1S(=O)(=O)NC1CC1. The molecule has 0 unspecified atom stereocenters. The third-order valence-electron chi connectivity index (χ3n) is 2.16. The molecule has 3 N–H and O–H groups in total. The number of hydrogen-bond donors (Lipinski definition) is 2. The van der Waals surface area contributed by atoms with E-state index in [0.29, 0.717) is 4.47 Å². The van der Waals surface area contributed by atoms with Crippen molar-refractivity contribution in [3.05, 3.63) is 22.7 Å². The van der Waals surface area contributed by atoms with Crippen LogP contribution >= 0.6 is 15.9 Å². The summed E-state index contributed by atoms with van der Waals surface area (Å²) in [4.78, 5) is 0.142. The van der Waals surface area contributed by atoms with Crippen LogP contribution in [0.3, 0.4) is 0 Å². The van der Waals surface area contributed by atoms with Crippen LogP contribution in [0.25, 0.3) is 0 Å². The van der Waals surface area contributed by atoms with E-state index < -0.39 is 10.0 Å². The zero-order valence-corrected chi connectivity index (χ0v) is 10.3. The largest absolute Gasteiger partial charge is 0.398 e. The molecule has 0 radical (unpaired) electrons. The lowest BCUT2D eigenvalue weighted by molar-refractivity contribution is 0.581. The van der Waals surface area contributed by atoms with Crippen LogP contribution in [0.4, 0.5) is 5.69 Å². The van der Waals surface area contributed by atoms with Crippen molar-refractivity contribution in [1.29, 1.82) is 0 Å². The first-order chi connectivity index (χ1) is 6.99. The first kappa shape index (κ1) is 10.9. The van der Waals surface area contributed by atoms with Crippen molar-refractivity contribution in [3.63, 3.8) is 0 Å². The molecule has 2 rings (SSSR count). The van der Waals surface area contributed by atoms with Crippen molar-refractivity contribution in [2.45, 2.75) is 23.8 Å². The second kappa shape index (κ2) is 3.77. The summed E-state index contributed by atoms with van der Waals surface area (Å²) in [5.74, 6) is 0. The smallest absolute Gasteiger partial charge is 0.242 e. The number of hydrogen-bond acceptors (Lipinski definition) is 3. The van der Waals surface area contributed by atoms with Crippen molar-refractivity contribution >= 4 is 31.6 Å². The Kier molecular flexibility index (Phi) is 2.74. The van der Waals surface area contributed by atoms with Gasteiger partial charge in [-0.3, -0.25) is 0 Å². The van der Waals surface area contributed by atoms with Crippen molar-refractivity contribution in [2.24, 2.45) is 0 Å². The Morgan fingerprint density at radius 1 is 1.40 bits per heavy atom. The van der Waals surface area contributed by atoms with E-state index in [4.69, 9.17) is 5.73 Å². The van der Waals surface area contributed by atoms with Crippen LogP contribution < -0.4 is 10.5 Å². The average molecular weight is 291 g/mol. The summed E-state index contributed by atoms with van der Waals surface area (Å²) in [6.07, 6.45) is 1.82. The van der Waals surface area contributed by atoms with Crippen LogP contribution in [0.2, 0.25) is 0 Å². The minimum atomic E-state index is -3.46. The molecule has 6 heteroatoms. The van der Waals surface area contributed by atoms with E-state index in [-0.39, 0.29) is 16.6 Å². The Balaban J connectivity index is 2.38. The maximum Gasteiger partial charge on any atom is 0.242 e. The predicted octanol–water partition coefficient (Wildman–Crippen LogP) is 1.47. The molecule has 1 fully saturated rings. The van der Waals surface area contributed by atoms with E-state index in [0.717, 1.165) is 12.8 Å². The molecule has 0 spiro atoms. The van der Waals surface area contributed by atoms with Gasteiger partial charge in [-0.25, -0.2) is 13.1 Å². The molecule has 0 aromatic heterocycles. The lowest BCUT2D eigenvalue weighted by Gasteiger charge is -2.08. The van der Waals surface area contributed by atoms with Gasteiger partial charge in [-0.15, -0.1) is 0 Å². The van der Waals surface area contributed by atoms with E-state index in [2.05, 4.69) is 20.7 Å². The molecule has 15 heavy (non-hydrogen) atoms. The number of halogens is 1. The second-order valence-electron chi connectivity index (χ2n) is 3.58. The third-order valence-corrected chi connectivity index (χ3v) is 4.23. The van der Waals surface area contributed by atoms with Crippen LogP contribution in [0, 0.1) is 0 Å². The Morgan fingerprint density at radius 2 is 2.07 bits per heavy atom. The van der Waals surface area contributed by atoms with Crippen LogP contribution in [-0.4, -0.2) is 14.5 Å². The van der Waals surface area contributed by atoms with Crippen molar-refractivity contribution < 1.29 is 8.42 Å². The van der Waals surface area contributed by atoms with Gasteiger partial charge in [0.25, 0.3) is 0 Å². The minimum Gasteiger partial charge on any atom is -0.398 e. The zero-order chi connectivity index (χ0) is 11.1. The lowest BCUT2D eigenvalue weighted by atomic mass is 10.3. The van der Waals surface area contributed by atoms with Crippen LogP contribution in [0.15, 0.2) is 27.6 Å². The molecule has 0 amide bonds. The molecule has 82 valence electrons. The lowest BCUT2D eigenvalue weighted by Crippen LogP contribution is -2.26. The fraction of sp³-hybridized carbons (Fsp3) is 0.333. The van der Waals surface area contributed by atoms with Crippen molar-refractivity contribution in [3.8, 4) is 0 Å². The number of nitrogens with two attached hydrogens (primary N) is 1. The molecule has 1 aromatic rings. The van der Waals surface area contributed by atoms with Gasteiger partial charge in [-0.2, -0.15) is 0 Å². The monoisotopic (exact) mass is 290 g/mol. The number of nitrogens with one attached hydrogen (secondary N) is 1. The maximum atomic E-state index is 11.8. The highest BCUT2D eigenvalue weighted by Gasteiger charge is 2.29. The first-order valence-corrected chi connectivity index (χ1v) is 6.84. The van der Waals surface area contributed by atoms with Gasteiger partial charge < -0.3 is 5.73 Å². The highest BCUT2D eigenvalue weighted by atomic mass is 79.9. The quantitative estimate of drug-likeness (QED) is 0.828. The van der Waals surface area contributed by atoms with Crippen molar-refractivity contribution in [1.82, 2.24) is 4.72 Å². The topological polar surface area (TPSA) is 72.2 Å². The van der Waals surface area contributed by atoms with E-state index in [1.807, 2.05) is 0 Å². The molecule has 0 bridgehead atoms. The number of rotatable bonds is 3. The highest BCUT2D eigenvalue weighted by molar-refractivity contribution is 9.10. The Hall–Kier alpha value is -0.590. The Labute approximate surface area is 97.0 Å². The molecule has 4 nitrogen and oxygen atoms in total. The van der Waals surface area contributed by atoms with E-state index in [1.165, 1.54) is 6.07 Å². The third kappa shape index (κ3) is 2.50. The highest BCUT2D eigenvalue weighted by Crippen LogP contribution is 2.26. The van der Waals surface area contributed by atoms with Crippen LogP contribution in [-0.2, 0) is 10.0 Å². The Morgan fingerprint density at radius 3 is 2.67 bits per heavy atom. The number of nitrogen functional groups attached to an aromatic ring is 1. The fourth-order valence-electron chi connectivity index (χ4n) is 1.23.